The maximum absolute atomic E-state index is 3.77. The summed E-state index contributed by atoms with van der Waals surface area (Å²) in [7, 11) is 0. The molecule has 0 fully saturated rings. The normalized spacial score (nSPS) is 9.80. The van der Waals surface area contributed by atoms with Crippen LogP contribution in [0, 0.1) is 0 Å². The zero-order valence-electron chi connectivity index (χ0n) is 9.71. The minimum atomic E-state index is 1.10. The van der Waals surface area contributed by atoms with Crippen LogP contribution in [0.3, 0.4) is 0 Å². The lowest BCUT2D eigenvalue weighted by Gasteiger charge is -2.08. The second kappa shape index (κ2) is 5.82. The van der Waals surface area contributed by atoms with Gasteiger partial charge in [-0.2, -0.15) is 0 Å². The summed E-state index contributed by atoms with van der Waals surface area (Å²) in [6, 6.07) is 8.78. The van der Waals surface area contributed by atoms with Gasteiger partial charge in [-0.25, -0.2) is 0 Å². The molecule has 15 heavy (non-hydrogen) atoms. The topological polar surface area (TPSA) is 0 Å². The number of aryl methyl sites for hydroxylation is 1. The van der Waals surface area contributed by atoms with E-state index in [1.807, 2.05) is 5.41 Å². The minimum Gasteiger partial charge on any atom is -0.0981 e. The minimum absolute atomic E-state index is 1.10. The summed E-state index contributed by atoms with van der Waals surface area (Å²) in [5.41, 5.74) is 4.01. The molecule has 0 spiro atoms. The molecule has 0 unspecified atom stereocenters. The quantitative estimate of drug-likeness (QED) is 0.694. The maximum Gasteiger partial charge on any atom is 0.0175 e. The molecule has 0 aliphatic heterocycles. The molecule has 1 heteroatoms. The van der Waals surface area contributed by atoms with Gasteiger partial charge in [-0.05, 0) is 36.8 Å². The summed E-state index contributed by atoms with van der Waals surface area (Å²) >= 11 is 1.69. The molecule has 1 rings (SSSR count). The molecular weight excluding hydrogens is 200 g/mol. The Hall–Kier alpha value is -0.950. The van der Waals surface area contributed by atoms with E-state index in [0.717, 1.165) is 6.42 Å². The average Bonchev–Trinajstić information content (AvgIpc) is 2.26. The van der Waals surface area contributed by atoms with Crippen LogP contribution >= 0.6 is 11.8 Å². The van der Waals surface area contributed by atoms with Gasteiger partial charge in [0.1, 0.15) is 0 Å². The predicted molar refractivity (Wildman–Crippen MR) is 71.9 cm³/mol. The van der Waals surface area contributed by atoms with Gasteiger partial charge in [-0.1, -0.05) is 55.1 Å². The van der Waals surface area contributed by atoms with Gasteiger partial charge in [0.05, 0.1) is 0 Å². The van der Waals surface area contributed by atoms with Crippen LogP contribution in [0.25, 0.3) is 4.91 Å². The van der Waals surface area contributed by atoms with E-state index in [1.165, 1.54) is 21.6 Å². The fraction of sp³-hybridized carbons (Fsp3) is 0.286. The summed E-state index contributed by atoms with van der Waals surface area (Å²) < 4.78 is 0. The van der Waals surface area contributed by atoms with Crippen LogP contribution in [-0.4, -0.2) is 0 Å². The number of hydrogen-bond donors (Lipinski definition) is 0. The van der Waals surface area contributed by atoms with Crippen molar-refractivity contribution in [3.05, 3.63) is 53.0 Å². The highest BCUT2D eigenvalue weighted by Gasteiger charge is 2.02. The molecule has 1 aromatic carbocycles. The van der Waals surface area contributed by atoms with Crippen molar-refractivity contribution in [1.29, 1.82) is 0 Å². The third-order valence-electron chi connectivity index (χ3n) is 2.28. The van der Waals surface area contributed by atoms with Gasteiger partial charge in [-0.3, -0.25) is 0 Å². The maximum atomic E-state index is 3.77. The Morgan fingerprint density at radius 3 is 2.27 bits per heavy atom. The van der Waals surface area contributed by atoms with Crippen molar-refractivity contribution >= 4 is 16.7 Å². The van der Waals surface area contributed by atoms with E-state index < -0.39 is 0 Å². The summed E-state index contributed by atoms with van der Waals surface area (Å²) in [6.07, 6.45) is 1.10. The Labute approximate surface area is 97.1 Å². The molecule has 0 saturated heterocycles. The molecule has 1 aromatic rings. The van der Waals surface area contributed by atoms with Crippen molar-refractivity contribution in [2.24, 2.45) is 0 Å². The van der Waals surface area contributed by atoms with Crippen LogP contribution in [0.1, 0.15) is 31.9 Å². The summed E-state index contributed by atoms with van der Waals surface area (Å²) in [4.78, 5) is 1.31. The molecule has 80 valence electrons. The summed E-state index contributed by atoms with van der Waals surface area (Å²) in [5, 5.41) is 1.88. The first-order valence-corrected chi connectivity index (χ1v) is 6.11. The van der Waals surface area contributed by atoms with E-state index >= 15 is 0 Å². The fourth-order valence-electron chi connectivity index (χ4n) is 1.45. The Balaban J connectivity index is 3.03. The van der Waals surface area contributed by atoms with Gasteiger partial charge in [-0.15, -0.1) is 0 Å². The molecule has 0 N–H and O–H groups in total. The first-order chi connectivity index (χ1) is 7.19. The molecule has 0 aliphatic carbocycles. The number of hydrogen-bond acceptors (Lipinski definition) is 1. The van der Waals surface area contributed by atoms with E-state index in [4.69, 9.17) is 0 Å². The summed E-state index contributed by atoms with van der Waals surface area (Å²) in [6.45, 7) is 10.2. The Morgan fingerprint density at radius 1 is 1.27 bits per heavy atom. The highest BCUT2D eigenvalue weighted by Crippen LogP contribution is 2.31. The molecule has 0 bridgehead atoms. The molecular formula is C14H18S. The van der Waals surface area contributed by atoms with Crippen LogP contribution in [0.2, 0.25) is 0 Å². The van der Waals surface area contributed by atoms with Crippen LogP contribution in [0.5, 0.6) is 0 Å². The van der Waals surface area contributed by atoms with Crippen molar-refractivity contribution in [1.82, 2.24) is 0 Å². The lowest BCUT2D eigenvalue weighted by atomic mass is 10.1. The van der Waals surface area contributed by atoms with Gasteiger partial charge in [0.2, 0.25) is 0 Å². The van der Waals surface area contributed by atoms with Gasteiger partial charge >= 0.3 is 0 Å². The molecule has 0 saturated carbocycles. The van der Waals surface area contributed by atoms with Crippen LogP contribution < -0.4 is 0 Å². The third kappa shape index (κ3) is 3.28. The SMILES string of the molecule is C=CSC(=C(C)C)c1ccc(CC)cc1. The smallest absolute Gasteiger partial charge is 0.0175 e. The van der Waals surface area contributed by atoms with Crippen molar-refractivity contribution in [3.8, 4) is 0 Å². The Bertz CT molecular complexity index is 353. The van der Waals surface area contributed by atoms with Crippen LogP contribution in [-0.2, 0) is 6.42 Å². The van der Waals surface area contributed by atoms with Crippen molar-refractivity contribution in [3.63, 3.8) is 0 Å². The highest BCUT2D eigenvalue weighted by molar-refractivity contribution is 8.10. The highest BCUT2D eigenvalue weighted by atomic mass is 32.2. The van der Waals surface area contributed by atoms with E-state index in [1.54, 1.807) is 11.8 Å². The monoisotopic (exact) mass is 218 g/mol. The third-order valence-corrected chi connectivity index (χ3v) is 3.33. The predicted octanol–water partition coefficient (Wildman–Crippen LogP) is 4.88. The van der Waals surface area contributed by atoms with Gasteiger partial charge < -0.3 is 0 Å². The molecule has 0 heterocycles. The lowest BCUT2D eigenvalue weighted by Crippen LogP contribution is -1.84. The van der Waals surface area contributed by atoms with Crippen molar-refractivity contribution in [2.45, 2.75) is 27.2 Å². The molecule has 0 radical (unpaired) electrons. The standard InChI is InChI=1S/C14H18S/c1-5-12-7-9-13(10-8-12)14(11(3)4)15-6-2/h6-10H,2,5H2,1,3-4H3. The molecule has 0 atom stereocenters. The molecule has 0 aliphatic rings. The van der Waals surface area contributed by atoms with Crippen molar-refractivity contribution in [2.75, 3.05) is 0 Å². The summed E-state index contributed by atoms with van der Waals surface area (Å²) in [5.74, 6) is 0. The van der Waals surface area contributed by atoms with Gasteiger partial charge in [0.15, 0.2) is 0 Å². The number of rotatable bonds is 4. The first kappa shape index (κ1) is 12.1. The van der Waals surface area contributed by atoms with E-state index in [2.05, 4.69) is 51.6 Å². The number of allylic oxidation sites excluding steroid dienone is 1. The molecule has 0 nitrogen and oxygen atoms in total. The van der Waals surface area contributed by atoms with Gasteiger partial charge in [0, 0.05) is 4.91 Å². The van der Waals surface area contributed by atoms with E-state index in [-0.39, 0.29) is 0 Å². The van der Waals surface area contributed by atoms with E-state index in [9.17, 15) is 0 Å². The van der Waals surface area contributed by atoms with Gasteiger partial charge in [0.25, 0.3) is 0 Å². The second-order valence-electron chi connectivity index (χ2n) is 3.66. The molecule has 0 aromatic heterocycles. The average molecular weight is 218 g/mol. The largest absolute Gasteiger partial charge is 0.0981 e. The van der Waals surface area contributed by atoms with Crippen LogP contribution in [0.15, 0.2) is 41.8 Å². The number of thioether (sulfide) groups is 1. The number of benzene rings is 1. The second-order valence-corrected chi connectivity index (χ2v) is 4.64. The Kier molecular flexibility index (Phi) is 4.70. The fourth-order valence-corrected chi connectivity index (χ4v) is 2.12. The van der Waals surface area contributed by atoms with Crippen LogP contribution in [0.4, 0.5) is 0 Å². The van der Waals surface area contributed by atoms with Crippen molar-refractivity contribution < 1.29 is 0 Å². The van der Waals surface area contributed by atoms with E-state index in [0.29, 0.717) is 0 Å². The zero-order chi connectivity index (χ0) is 11.3. The first-order valence-electron chi connectivity index (χ1n) is 5.23. The zero-order valence-corrected chi connectivity index (χ0v) is 10.5. The molecule has 0 amide bonds. The Morgan fingerprint density at radius 2 is 1.87 bits per heavy atom. The lowest BCUT2D eigenvalue weighted by molar-refractivity contribution is 1.14.